The van der Waals surface area contributed by atoms with Crippen LogP contribution < -0.4 is 0 Å². The third-order valence-electron chi connectivity index (χ3n) is 9.15. The van der Waals surface area contributed by atoms with Crippen molar-refractivity contribution < 1.29 is 48.1 Å². The van der Waals surface area contributed by atoms with E-state index in [-0.39, 0.29) is 68.4 Å². The number of carboxylic acids is 1. The Morgan fingerprint density at radius 3 is 1.53 bits per heavy atom. The monoisotopic (exact) mass is 756 g/mol. The van der Waals surface area contributed by atoms with Crippen LogP contribution in [0.1, 0.15) is 75.3 Å². The van der Waals surface area contributed by atoms with E-state index < -0.39 is 11.9 Å². The van der Waals surface area contributed by atoms with Gasteiger partial charge in [-0.25, -0.2) is 9.59 Å². The zero-order chi connectivity index (χ0) is 39.7. The minimum absolute atomic E-state index is 0.0224. The Hall–Kier alpha value is -5.30. The summed E-state index contributed by atoms with van der Waals surface area (Å²) >= 11 is 0. The van der Waals surface area contributed by atoms with Crippen LogP contribution in [0.25, 0.3) is 0 Å². The molecule has 2 aliphatic rings. The van der Waals surface area contributed by atoms with Gasteiger partial charge in [0.25, 0.3) is 0 Å². The summed E-state index contributed by atoms with van der Waals surface area (Å²) in [5.41, 5.74) is 2.02. The van der Waals surface area contributed by atoms with E-state index in [9.17, 15) is 28.8 Å². The number of amides is 2. The van der Waals surface area contributed by atoms with E-state index in [4.69, 9.17) is 14.6 Å². The number of benzene rings is 2. The molecule has 2 amide bonds. The number of ether oxygens (including phenoxy) is 3. The summed E-state index contributed by atoms with van der Waals surface area (Å²) in [4.78, 5) is 73.8. The molecule has 2 heterocycles. The molecule has 2 aromatic rings. The first-order valence-electron chi connectivity index (χ1n) is 18.7. The van der Waals surface area contributed by atoms with Gasteiger partial charge in [-0.1, -0.05) is 84.3 Å². The van der Waals surface area contributed by atoms with Crippen molar-refractivity contribution in [2.45, 2.75) is 89.1 Å². The van der Waals surface area contributed by atoms with Gasteiger partial charge in [-0.3, -0.25) is 19.2 Å². The van der Waals surface area contributed by atoms with Gasteiger partial charge in [0.05, 0.1) is 20.2 Å². The largest absolute Gasteiger partial charge is 0.480 e. The molecule has 0 aliphatic carbocycles. The molecule has 0 bridgehead atoms. The molecule has 2 atom stereocenters. The van der Waals surface area contributed by atoms with Crippen molar-refractivity contribution >= 4 is 35.3 Å². The molecule has 2 aromatic carbocycles. The quantitative estimate of drug-likeness (QED) is 0.133. The highest BCUT2D eigenvalue weighted by atomic mass is 16.6. The number of Topliss-reactive ketones (excluding diaryl/α,β-unsaturated/α-hetero) is 2. The van der Waals surface area contributed by atoms with Crippen LogP contribution in [0.15, 0.2) is 60.7 Å². The highest BCUT2D eigenvalue weighted by Gasteiger charge is 2.28. The molecule has 12 nitrogen and oxygen atoms in total. The first kappa shape index (κ1) is 44.1. The fraction of sp³-hybridized carbons (Fsp3) is 0.488. The van der Waals surface area contributed by atoms with Crippen molar-refractivity contribution in [1.29, 1.82) is 0 Å². The maximum absolute atomic E-state index is 12.3. The molecule has 12 heteroatoms. The van der Waals surface area contributed by atoms with E-state index in [0.717, 1.165) is 36.8 Å². The second-order valence-electron chi connectivity index (χ2n) is 13.3. The number of rotatable bonds is 18. The van der Waals surface area contributed by atoms with E-state index in [1.54, 1.807) is 9.80 Å². The smallest absolute Gasteiger partial charge is 0.331 e. The van der Waals surface area contributed by atoms with Gasteiger partial charge in [-0.05, 0) is 49.7 Å². The topological polar surface area (TPSA) is 157 Å². The van der Waals surface area contributed by atoms with Crippen LogP contribution in [-0.4, -0.2) is 109 Å². The van der Waals surface area contributed by atoms with Crippen molar-refractivity contribution in [2.75, 3.05) is 46.6 Å². The van der Waals surface area contributed by atoms with Gasteiger partial charge in [0.15, 0.2) is 0 Å². The van der Waals surface area contributed by atoms with Gasteiger partial charge in [-0.15, -0.1) is 0 Å². The Bertz CT molecular complexity index is 1670. The summed E-state index contributed by atoms with van der Waals surface area (Å²) in [6.07, 6.45) is 7.54. The maximum atomic E-state index is 12.3. The SMILES string of the molecule is COC(=O)COCC#CCN1C(=O)CCC[C@@H]1CCC(=O)Cc1ccccc1.O=C(O)COCC#CCN1C(=O)CCC[C@@H]1CCC(=O)Cc1ccccc1. The van der Waals surface area contributed by atoms with E-state index in [1.807, 2.05) is 60.7 Å². The van der Waals surface area contributed by atoms with Crippen LogP contribution >= 0.6 is 0 Å². The number of hydrogen-bond acceptors (Lipinski definition) is 9. The summed E-state index contributed by atoms with van der Waals surface area (Å²) in [5, 5.41) is 8.49. The zero-order valence-electron chi connectivity index (χ0n) is 31.7. The summed E-state index contributed by atoms with van der Waals surface area (Å²) in [6, 6.07) is 19.4. The van der Waals surface area contributed by atoms with Crippen LogP contribution in [0.4, 0.5) is 0 Å². The summed E-state index contributed by atoms with van der Waals surface area (Å²) in [5.74, 6) is 10.3. The van der Waals surface area contributed by atoms with Crippen molar-refractivity contribution in [3.05, 3.63) is 71.8 Å². The van der Waals surface area contributed by atoms with Crippen LogP contribution in [0, 0.1) is 23.7 Å². The lowest BCUT2D eigenvalue weighted by molar-refractivity contribution is -0.145. The number of carbonyl (C=O) groups is 6. The van der Waals surface area contributed by atoms with Gasteiger partial charge in [0.2, 0.25) is 11.8 Å². The summed E-state index contributed by atoms with van der Waals surface area (Å²) in [7, 11) is 1.30. The van der Waals surface area contributed by atoms with Crippen molar-refractivity contribution in [3.63, 3.8) is 0 Å². The number of carbonyl (C=O) groups excluding carboxylic acids is 5. The van der Waals surface area contributed by atoms with Gasteiger partial charge < -0.3 is 29.1 Å². The lowest BCUT2D eigenvalue weighted by atomic mass is 9.95. The lowest BCUT2D eigenvalue weighted by Crippen LogP contribution is -2.44. The molecule has 2 fully saturated rings. The molecule has 0 unspecified atom stereocenters. The lowest BCUT2D eigenvalue weighted by Gasteiger charge is -2.34. The van der Waals surface area contributed by atoms with Gasteiger partial charge in [0.1, 0.15) is 38.0 Å². The second-order valence-corrected chi connectivity index (χ2v) is 13.3. The molecule has 4 rings (SSSR count). The number of nitrogens with zero attached hydrogens (tertiary/aromatic N) is 2. The fourth-order valence-corrected chi connectivity index (χ4v) is 6.32. The van der Waals surface area contributed by atoms with E-state index >= 15 is 0 Å². The Balaban J connectivity index is 0.000000296. The molecule has 0 spiro atoms. The van der Waals surface area contributed by atoms with Crippen LogP contribution in [0.3, 0.4) is 0 Å². The maximum Gasteiger partial charge on any atom is 0.331 e. The number of likely N-dealkylation sites (tertiary alicyclic amines) is 2. The van der Waals surface area contributed by atoms with Gasteiger partial charge in [-0.2, -0.15) is 0 Å². The number of methoxy groups -OCH3 is 1. The zero-order valence-corrected chi connectivity index (χ0v) is 31.7. The normalized spacial score (nSPS) is 16.4. The fourth-order valence-electron chi connectivity index (χ4n) is 6.32. The Kier molecular flexibility index (Phi) is 20.6. The van der Waals surface area contributed by atoms with E-state index in [0.29, 0.717) is 57.9 Å². The molecular formula is C43H52N2O10. The predicted molar refractivity (Wildman–Crippen MR) is 204 cm³/mol. The standard InChI is InChI=1S/C22H27NO5.C21H25NO5/c1-27-22(26)17-28-15-6-5-14-23-19(10-7-11-21(23)25)12-13-20(24)16-18-8-3-2-4-9-18;23-19(15-17-7-2-1-3-8-17)12-11-18-9-6-10-20(24)22(18)13-4-5-14-27-16-21(25)26/h2-4,8-9,19H,7,10-17H2,1H3;1-3,7-8,18H,6,9-16H2,(H,25,26)/t19-;18-/m11/s1. The highest BCUT2D eigenvalue weighted by Crippen LogP contribution is 2.23. The average molecular weight is 757 g/mol. The first-order valence-corrected chi connectivity index (χ1v) is 18.7. The Morgan fingerprint density at radius 1 is 0.673 bits per heavy atom. The molecule has 2 saturated heterocycles. The summed E-state index contributed by atoms with van der Waals surface area (Å²) in [6.45, 7) is 0.208. The molecule has 55 heavy (non-hydrogen) atoms. The number of hydrogen-bond donors (Lipinski definition) is 1. The number of piperidine rings is 2. The molecule has 0 radical (unpaired) electrons. The molecule has 1 N–H and O–H groups in total. The van der Waals surface area contributed by atoms with Crippen molar-refractivity contribution in [3.8, 4) is 23.7 Å². The third-order valence-corrected chi connectivity index (χ3v) is 9.15. The van der Waals surface area contributed by atoms with Crippen molar-refractivity contribution in [2.24, 2.45) is 0 Å². The Morgan fingerprint density at radius 2 is 1.11 bits per heavy atom. The Labute approximate surface area is 323 Å². The highest BCUT2D eigenvalue weighted by molar-refractivity contribution is 5.82. The minimum atomic E-state index is -1.04. The number of carboxylic acid groups (broad SMARTS) is 1. The number of esters is 1. The average Bonchev–Trinajstić information content (AvgIpc) is 3.18. The van der Waals surface area contributed by atoms with E-state index in [2.05, 4.69) is 28.4 Å². The third kappa shape index (κ3) is 18.1. The first-order chi connectivity index (χ1) is 26.7. The molecule has 2 aliphatic heterocycles. The van der Waals surface area contributed by atoms with Gasteiger partial charge >= 0.3 is 11.9 Å². The molecule has 0 aromatic heterocycles. The van der Waals surface area contributed by atoms with E-state index in [1.165, 1.54) is 7.11 Å². The predicted octanol–water partition coefficient (Wildman–Crippen LogP) is 4.22. The van der Waals surface area contributed by atoms with Crippen LogP contribution in [0.5, 0.6) is 0 Å². The number of ketones is 2. The van der Waals surface area contributed by atoms with Crippen LogP contribution in [0.2, 0.25) is 0 Å². The minimum Gasteiger partial charge on any atom is -0.480 e. The second kappa shape index (κ2) is 25.7. The molecule has 0 saturated carbocycles. The molecule has 294 valence electrons. The van der Waals surface area contributed by atoms with Crippen LogP contribution in [-0.2, 0) is 55.8 Å². The van der Waals surface area contributed by atoms with Gasteiger partial charge in [0, 0.05) is 50.6 Å². The van der Waals surface area contributed by atoms with Crippen molar-refractivity contribution in [1.82, 2.24) is 9.80 Å². The summed E-state index contributed by atoms with van der Waals surface area (Å²) < 4.78 is 14.4. The number of aliphatic carboxylic acids is 1. The molecular weight excluding hydrogens is 704 g/mol.